The van der Waals surface area contributed by atoms with E-state index in [1.54, 1.807) is 0 Å². The van der Waals surface area contributed by atoms with Crippen LogP contribution in [0.4, 0.5) is 0 Å². The van der Waals surface area contributed by atoms with Crippen molar-refractivity contribution in [3.63, 3.8) is 0 Å². The predicted octanol–water partition coefficient (Wildman–Crippen LogP) is 3.22. The monoisotopic (exact) mass is 438 g/mol. The third-order valence-electron chi connectivity index (χ3n) is 4.72. The Morgan fingerprint density at radius 2 is 0.844 bits per heavy atom. The molecule has 3 rings (SSSR count). The van der Waals surface area contributed by atoms with E-state index in [1.165, 1.54) is 24.3 Å². The van der Waals surface area contributed by atoms with E-state index in [0.717, 1.165) is 24.3 Å². The molecule has 0 aliphatic carbocycles. The van der Waals surface area contributed by atoms with Gasteiger partial charge in [-0.1, -0.05) is 24.3 Å². The summed E-state index contributed by atoms with van der Waals surface area (Å²) in [6.45, 7) is 0. The summed E-state index contributed by atoms with van der Waals surface area (Å²) >= 11 is 0. The van der Waals surface area contributed by atoms with Gasteiger partial charge in [0.25, 0.3) is 0 Å². The summed E-state index contributed by atoms with van der Waals surface area (Å²) < 4.78 is 0. The van der Waals surface area contributed by atoms with Crippen molar-refractivity contribution < 1.29 is 49.8 Å². The number of hydrogen-bond donors (Lipinski definition) is 6. The molecule has 162 valence electrons. The fourth-order valence-electron chi connectivity index (χ4n) is 3.46. The molecule has 3 aromatic carbocycles. The molecule has 0 aliphatic heterocycles. The van der Waals surface area contributed by atoms with Crippen LogP contribution in [0.15, 0.2) is 48.5 Å². The van der Waals surface area contributed by atoms with Crippen molar-refractivity contribution in [1.82, 2.24) is 0 Å². The Labute approximate surface area is 178 Å². The van der Waals surface area contributed by atoms with Crippen LogP contribution in [0.2, 0.25) is 0 Å². The van der Waals surface area contributed by atoms with Gasteiger partial charge in [0, 0.05) is 22.3 Å². The Bertz CT molecular complexity index is 1210. The Hall–Kier alpha value is -4.86. The van der Waals surface area contributed by atoms with Crippen molar-refractivity contribution in [3.8, 4) is 33.8 Å². The van der Waals surface area contributed by atoms with E-state index in [0.29, 0.717) is 0 Å². The quantitative estimate of drug-likeness (QED) is 0.312. The van der Waals surface area contributed by atoms with Gasteiger partial charge in [0.2, 0.25) is 0 Å². The van der Waals surface area contributed by atoms with Gasteiger partial charge in [0.15, 0.2) is 0 Å². The summed E-state index contributed by atoms with van der Waals surface area (Å²) in [5.41, 5.74) is -4.05. The van der Waals surface area contributed by atoms with Crippen molar-refractivity contribution in [3.05, 3.63) is 70.8 Å². The highest BCUT2D eigenvalue weighted by Crippen LogP contribution is 2.47. The van der Waals surface area contributed by atoms with E-state index in [4.69, 9.17) is 0 Å². The van der Waals surface area contributed by atoms with Crippen molar-refractivity contribution >= 4 is 23.9 Å². The first kappa shape index (κ1) is 21.8. The zero-order valence-electron chi connectivity index (χ0n) is 15.9. The van der Waals surface area contributed by atoms with Gasteiger partial charge in [-0.2, -0.15) is 0 Å². The number of hydrogen-bond acceptors (Lipinski definition) is 6. The normalized spacial score (nSPS) is 10.5. The Kier molecular flexibility index (Phi) is 5.53. The SMILES string of the molecule is O=C(O)c1cccc(-c2c(O)ccc(O)c2-c2cccc(C(=O)O)c2C(=O)O)c1C(=O)O. The zero-order valence-corrected chi connectivity index (χ0v) is 15.9. The van der Waals surface area contributed by atoms with Gasteiger partial charge >= 0.3 is 23.9 Å². The van der Waals surface area contributed by atoms with Crippen molar-refractivity contribution in [2.45, 2.75) is 0 Å². The summed E-state index contributed by atoms with van der Waals surface area (Å²) in [5.74, 6) is -7.62. The van der Waals surface area contributed by atoms with Gasteiger partial charge in [-0.15, -0.1) is 0 Å². The smallest absolute Gasteiger partial charge is 0.337 e. The van der Waals surface area contributed by atoms with Crippen LogP contribution in [-0.4, -0.2) is 54.5 Å². The van der Waals surface area contributed by atoms with Crippen LogP contribution in [-0.2, 0) is 0 Å². The second-order valence-electron chi connectivity index (χ2n) is 6.53. The molecule has 0 saturated carbocycles. The van der Waals surface area contributed by atoms with E-state index in [2.05, 4.69) is 0 Å². The molecule has 10 nitrogen and oxygen atoms in total. The van der Waals surface area contributed by atoms with Gasteiger partial charge in [-0.25, -0.2) is 19.2 Å². The number of carbonyl (C=O) groups is 4. The molecule has 0 unspecified atom stereocenters. The fraction of sp³-hybridized carbons (Fsp3) is 0. The van der Waals surface area contributed by atoms with Gasteiger partial charge in [0.1, 0.15) is 11.5 Å². The average molecular weight is 438 g/mol. The molecule has 0 bridgehead atoms. The molecule has 0 heterocycles. The lowest BCUT2D eigenvalue weighted by molar-refractivity contribution is 0.0652. The Morgan fingerprint density at radius 3 is 1.12 bits per heavy atom. The minimum atomic E-state index is -1.65. The Balaban J connectivity index is 2.54. The number of aromatic carboxylic acids is 4. The van der Waals surface area contributed by atoms with Gasteiger partial charge in [-0.3, -0.25) is 0 Å². The third kappa shape index (κ3) is 3.56. The maximum Gasteiger partial charge on any atom is 0.337 e. The number of aromatic hydroxyl groups is 2. The maximum absolute atomic E-state index is 11.9. The van der Waals surface area contributed by atoms with Crippen LogP contribution in [0.3, 0.4) is 0 Å². The van der Waals surface area contributed by atoms with Gasteiger partial charge in [-0.05, 0) is 24.3 Å². The highest BCUT2D eigenvalue weighted by molar-refractivity contribution is 6.12. The van der Waals surface area contributed by atoms with Crippen molar-refractivity contribution in [1.29, 1.82) is 0 Å². The van der Waals surface area contributed by atoms with E-state index in [1.807, 2.05) is 0 Å². The lowest BCUT2D eigenvalue weighted by atomic mass is 9.86. The molecular formula is C22H14O10. The first-order chi connectivity index (χ1) is 15.1. The van der Waals surface area contributed by atoms with E-state index in [9.17, 15) is 49.8 Å². The van der Waals surface area contributed by atoms with Gasteiger partial charge < -0.3 is 30.6 Å². The summed E-state index contributed by atoms with van der Waals surface area (Å²) in [6.07, 6.45) is 0. The lowest BCUT2D eigenvalue weighted by Crippen LogP contribution is -2.11. The molecule has 0 aromatic heterocycles. The molecule has 0 aliphatic rings. The van der Waals surface area contributed by atoms with Crippen LogP contribution < -0.4 is 0 Å². The zero-order chi connectivity index (χ0) is 23.7. The summed E-state index contributed by atoms with van der Waals surface area (Å²) in [4.78, 5) is 46.9. The van der Waals surface area contributed by atoms with E-state index in [-0.39, 0.29) is 22.3 Å². The summed E-state index contributed by atoms with van der Waals surface area (Å²) in [7, 11) is 0. The lowest BCUT2D eigenvalue weighted by Gasteiger charge is -2.18. The van der Waals surface area contributed by atoms with Crippen molar-refractivity contribution in [2.75, 3.05) is 0 Å². The van der Waals surface area contributed by atoms with E-state index >= 15 is 0 Å². The number of carboxylic acids is 4. The number of phenolic OH excluding ortho intramolecular Hbond substituents is 2. The molecule has 6 N–H and O–H groups in total. The second-order valence-corrected chi connectivity index (χ2v) is 6.53. The molecule has 0 atom stereocenters. The molecule has 0 amide bonds. The number of rotatable bonds is 6. The highest BCUT2D eigenvalue weighted by atomic mass is 16.4. The largest absolute Gasteiger partial charge is 0.507 e. The molecule has 32 heavy (non-hydrogen) atoms. The summed E-state index contributed by atoms with van der Waals surface area (Å²) in [6, 6.07) is 8.85. The minimum absolute atomic E-state index is 0.321. The second kappa shape index (κ2) is 8.11. The molecule has 0 fully saturated rings. The van der Waals surface area contributed by atoms with Crippen LogP contribution >= 0.6 is 0 Å². The topological polar surface area (TPSA) is 190 Å². The molecule has 0 saturated heterocycles. The standard InChI is InChI=1S/C22H14O10/c23-13-7-8-14(24)18(10-4-2-6-12(20(27)28)16(10)22(31)32)17(13)9-3-1-5-11(19(25)26)15(9)21(29)30/h1-8,23-24H,(H,25,26)(H,27,28)(H,29,30)(H,31,32). The Morgan fingerprint density at radius 1 is 0.500 bits per heavy atom. The molecule has 0 radical (unpaired) electrons. The van der Waals surface area contributed by atoms with E-state index < -0.39 is 57.6 Å². The number of phenols is 2. The maximum atomic E-state index is 11.9. The van der Waals surface area contributed by atoms with Crippen molar-refractivity contribution in [2.24, 2.45) is 0 Å². The number of benzene rings is 3. The fourth-order valence-corrected chi connectivity index (χ4v) is 3.46. The van der Waals surface area contributed by atoms with Crippen LogP contribution in [0.25, 0.3) is 22.3 Å². The molecule has 0 spiro atoms. The van der Waals surface area contributed by atoms with Crippen LogP contribution in [0.5, 0.6) is 11.5 Å². The third-order valence-corrected chi connectivity index (χ3v) is 4.72. The highest BCUT2D eigenvalue weighted by Gasteiger charge is 2.29. The first-order valence-electron chi connectivity index (χ1n) is 8.81. The molecular weight excluding hydrogens is 424 g/mol. The number of carboxylic acid groups (broad SMARTS) is 4. The molecule has 10 heteroatoms. The van der Waals surface area contributed by atoms with Gasteiger partial charge in [0.05, 0.1) is 22.3 Å². The molecule has 3 aromatic rings. The van der Waals surface area contributed by atoms with Crippen LogP contribution in [0, 0.1) is 0 Å². The van der Waals surface area contributed by atoms with Crippen LogP contribution in [0.1, 0.15) is 41.4 Å². The summed E-state index contributed by atoms with van der Waals surface area (Å²) in [5, 5.41) is 59.2. The minimum Gasteiger partial charge on any atom is -0.507 e. The first-order valence-corrected chi connectivity index (χ1v) is 8.81. The predicted molar refractivity (Wildman–Crippen MR) is 108 cm³/mol. The average Bonchev–Trinajstić information content (AvgIpc) is 2.73.